The molecule has 0 bridgehead atoms. The molecule has 1 heterocycles. The molecule has 132 valence electrons. The first-order chi connectivity index (χ1) is 12.4. The molecule has 26 heavy (non-hydrogen) atoms. The van der Waals surface area contributed by atoms with Crippen molar-refractivity contribution in [1.29, 1.82) is 0 Å². The summed E-state index contributed by atoms with van der Waals surface area (Å²) in [5.74, 6) is -0.830. The molecule has 4 nitrogen and oxygen atoms in total. The maximum absolute atomic E-state index is 13.1. The van der Waals surface area contributed by atoms with Crippen LogP contribution in [-0.4, -0.2) is 19.0 Å². The van der Waals surface area contributed by atoms with Gasteiger partial charge >= 0.3 is 5.97 Å². The Morgan fingerprint density at radius 3 is 2.31 bits per heavy atom. The predicted molar refractivity (Wildman–Crippen MR) is 106 cm³/mol. The number of anilines is 1. The number of allylic oxidation sites excluding steroid dienone is 1. The Labute approximate surface area is 164 Å². The van der Waals surface area contributed by atoms with E-state index < -0.39 is 5.97 Å². The Kier molecular flexibility index (Phi) is 5.30. The molecule has 0 fully saturated rings. The highest BCUT2D eigenvalue weighted by atomic mass is 79.9. The van der Waals surface area contributed by atoms with Gasteiger partial charge in [0.05, 0.1) is 18.3 Å². The van der Waals surface area contributed by atoms with E-state index in [9.17, 15) is 9.59 Å². The quantitative estimate of drug-likeness (QED) is 0.508. The van der Waals surface area contributed by atoms with Crippen LogP contribution in [0.15, 0.2) is 69.8 Å². The second-order valence-electron chi connectivity index (χ2n) is 5.68. The van der Waals surface area contributed by atoms with Gasteiger partial charge in [0.15, 0.2) is 0 Å². The number of carbonyl (C=O) groups is 2. The molecule has 0 radical (unpaired) electrons. The van der Waals surface area contributed by atoms with Gasteiger partial charge in [-0.1, -0.05) is 39.7 Å². The molecular formula is C20H15BrClNO3. The maximum atomic E-state index is 13.1. The van der Waals surface area contributed by atoms with Gasteiger partial charge in [-0.3, -0.25) is 9.69 Å². The molecule has 1 aliphatic heterocycles. The fraction of sp³-hybridized carbons (Fsp3) is 0.100. The minimum absolute atomic E-state index is 0.260. The lowest BCUT2D eigenvalue weighted by Crippen LogP contribution is -2.24. The summed E-state index contributed by atoms with van der Waals surface area (Å²) in [7, 11) is 1.30. The second-order valence-corrected chi connectivity index (χ2v) is 7.03. The van der Waals surface area contributed by atoms with Gasteiger partial charge in [-0.2, -0.15) is 0 Å². The Morgan fingerprint density at radius 1 is 1.12 bits per heavy atom. The highest BCUT2D eigenvalue weighted by Gasteiger charge is 2.37. The van der Waals surface area contributed by atoms with Crippen LogP contribution >= 0.6 is 27.5 Å². The maximum Gasteiger partial charge on any atom is 0.340 e. The number of halogens is 2. The Morgan fingerprint density at radius 2 is 1.73 bits per heavy atom. The summed E-state index contributed by atoms with van der Waals surface area (Å²) >= 11 is 9.32. The molecule has 0 saturated heterocycles. The van der Waals surface area contributed by atoms with Crippen molar-refractivity contribution >= 4 is 51.2 Å². The number of carbonyl (C=O) groups excluding carboxylic acids is 2. The lowest BCUT2D eigenvalue weighted by Gasteiger charge is -2.17. The lowest BCUT2D eigenvalue weighted by atomic mass is 10.0. The summed E-state index contributed by atoms with van der Waals surface area (Å²) in [4.78, 5) is 26.9. The van der Waals surface area contributed by atoms with E-state index in [4.69, 9.17) is 16.3 Å². The van der Waals surface area contributed by atoms with Crippen molar-refractivity contribution in [2.45, 2.75) is 6.92 Å². The van der Waals surface area contributed by atoms with Crippen LogP contribution in [0.4, 0.5) is 5.69 Å². The van der Waals surface area contributed by atoms with Gasteiger partial charge in [0.2, 0.25) is 0 Å². The van der Waals surface area contributed by atoms with Crippen molar-refractivity contribution in [3.05, 3.63) is 80.4 Å². The first-order valence-corrected chi connectivity index (χ1v) is 8.96. The van der Waals surface area contributed by atoms with Gasteiger partial charge in [0.25, 0.3) is 5.91 Å². The van der Waals surface area contributed by atoms with Gasteiger partial charge in [-0.05, 0) is 55.0 Å². The van der Waals surface area contributed by atoms with Crippen LogP contribution in [0.3, 0.4) is 0 Å². The molecule has 6 heteroatoms. The Balaban J connectivity index is 2.12. The minimum atomic E-state index is -0.546. The fourth-order valence-electron chi connectivity index (χ4n) is 2.81. The van der Waals surface area contributed by atoms with Gasteiger partial charge in [-0.25, -0.2) is 4.79 Å². The van der Waals surface area contributed by atoms with Crippen molar-refractivity contribution in [2.24, 2.45) is 0 Å². The van der Waals surface area contributed by atoms with E-state index in [0.29, 0.717) is 22.0 Å². The number of ether oxygens (including phenoxy) is 1. The van der Waals surface area contributed by atoms with E-state index in [-0.39, 0.29) is 11.5 Å². The van der Waals surface area contributed by atoms with Crippen LogP contribution in [-0.2, 0) is 14.3 Å². The topological polar surface area (TPSA) is 46.6 Å². The number of rotatable bonds is 3. The SMILES string of the molecule is COC(=O)C1=C(C)N(c2ccc(Cl)cc2)C(=O)/C1=C\c1ccc(Br)cc1. The first-order valence-electron chi connectivity index (χ1n) is 7.79. The summed E-state index contributed by atoms with van der Waals surface area (Å²) in [6, 6.07) is 14.3. The fourth-order valence-corrected chi connectivity index (χ4v) is 3.20. The van der Waals surface area contributed by atoms with Crippen molar-refractivity contribution < 1.29 is 14.3 Å². The summed E-state index contributed by atoms with van der Waals surface area (Å²) in [6.07, 6.45) is 1.69. The zero-order chi connectivity index (χ0) is 18.8. The molecule has 0 N–H and O–H groups in total. The molecule has 2 aromatic carbocycles. The third kappa shape index (κ3) is 3.45. The van der Waals surface area contributed by atoms with E-state index >= 15 is 0 Å². The average Bonchev–Trinajstić information content (AvgIpc) is 2.87. The van der Waals surface area contributed by atoms with E-state index in [2.05, 4.69) is 15.9 Å². The molecule has 0 atom stereocenters. The minimum Gasteiger partial charge on any atom is -0.465 e. The highest BCUT2D eigenvalue weighted by Crippen LogP contribution is 2.35. The van der Waals surface area contributed by atoms with Crippen LogP contribution in [0.5, 0.6) is 0 Å². The average molecular weight is 433 g/mol. The largest absolute Gasteiger partial charge is 0.465 e. The molecule has 1 aliphatic rings. The van der Waals surface area contributed by atoms with Crippen molar-refractivity contribution in [1.82, 2.24) is 0 Å². The van der Waals surface area contributed by atoms with Crippen LogP contribution < -0.4 is 4.90 Å². The standard InChI is InChI=1S/C20H15BrClNO3/c1-12-18(20(25)26-2)17(11-13-3-5-14(21)6-4-13)19(24)23(12)16-9-7-15(22)8-10-16/h3-11H,1-2H3/b17-11-. The molecule has 0 saturated carbocycles. The molecule has 0 aliphatic carbocycles. The van der Waals surface area contributed by atoms with Gasteiger partial charge in [0, 0.05) is 20.9 Å². The van der Waals surface area contributed by atoms with Crippen LogP contribution in [0, 0.1) is 0 Å². The van der Waals surface area contributed by atoms with Crippen molar-refractivity contribution in [3.63, 3.8) is 0 Å². The number of nitrogens with zero attached hydrogens (tertiary/aromatic N) is 1. The monoisotopic (exact) mass is 431 g/mol. The Hall–Kier alpha value is -2.37. The molecular weight excluding hydrogens is 418 g/mol. The molecule has 0 spiro atoms. The van der Waals surface area contributed by atoms with Crippen molar-refractivity contribution in [3.8, 4) is 0 Å². The highest BCUT2D eigenvalue weighted by molar-refractivity contribution is 9.10. The van der Waals surface area contributed by atoms with E-state index in [0.717, 1.165) is 10.0 Å². The number of hydrogen-bond donors (Lipinski definition) is 0. The molecule has 2 aromatic rings. The molecule has 3 rings (SSSR count). The third-order valence-electron chi connectivity index (χ3n) is 4.06. The van der Waals surface area contributed by atoms with Crippen LogP contribution in [0.25, 0.3) is 6.08 Å². The summed E-state index contributed by atoms with van der Waals surface area (Å²) in [5.41, 5.74) is 2.52. The van der Waals surface area contributed by atoms with Crippen LogP contribution in [0.2, 0.25) is 5.02 Å². The van der Waals surface area contributed by atoms with Gasteiger partial charge in [-0.15, -0.1) is 0 Å². The number of amides is 1. The van der Waals surface area contributed by atoms with Gasteiger partial charge < -0.3 is 4.74 Å². The summed E-state index contributed by atoms with van der Waals surface area (Å²) < 4.78 is 5.83. The number of benzene rings is 2. The summed E-state index contributed by atoms with van der Waals surface area (Å²) in [5, 5.41) is 0.570. The van der Waals surface area contributed by atoms with E-state index in [1.807, 2.05) is 24.3 Å². The summed E-state index contributed by atoms with van der Waals surface area (Å²) in [6.45, 7) is 1.72. The number of methoxy groups -OCH3 is 1. The smallest absolute Gasteiger partial charge is 0.340 e. The number of hydrogen-bond acceptors (Lipinski definition) is 3. The molecule has 0 aromatic heterocycles. The molecule has 0 unspecified atom stereocenters. The van der Waals surface area contributed by atoms with Gasteiger partial charge in [0.1, 0.15) is 0 Å². The second kappa shape index (κ2) is 7.48. The normalized spacial score (nSPS) is 15.8. The number of esters is 1. The van der Waals surface area contributed by atoms with E-state index in [1.165, 1.54) is 12.0 Å². The predicted octanol–water partition coefficient (Wildman–Crippen LogP) is 4.98. The Bertz CT molecular complexity index is 931. The van der Waals surface area contributed by atoms with Crippen LogP contribution in [0.1, 0.15) is 12.5 Å². The zero-order valence-electron chi connectivity index (χ0n) is 14.1. The van der Waals surface area contributed by atoms with E-state index in [1.54, 1.807) is 37.3 Å². The third-order valence-corrected chi connectivity index (χ3v) is 4.84. The van der Waals surface area contributed by atoms with Crippen molar-refractivity contribution in [2.75, 3.05) is 12.0 Å². The lowest BCUT2D eigenvalue weighted by molar-refractivity contribution is -0.136. The zero-order valence-corrected chi connectivity index (χ0v) is 16.5. The first kappa shape index (κ1) is 18.4. The molecule has 1 amide bonds.